The molecule has 1 amide bonds. The first kappa shape index (κ1) is 15.9. The first-order valence-corrected chi connectivity index (χ1v) is 6.67. The summed E-state index contributed by atoms with van der Waals surface area (Å²) < 4.78 is 0. The van der Waals surface area contributed by atoms with Gasteiger partial charge in [0.15, 0.2) is 0 Å². The predicted octanol–water partition coefficient (Wildman–Crippen LogP) is 2.87. The Bertz CT molecular complexity index is 763. The lowest BCUT2D eigenvalue weighted by molar-refractivity contribution is 0.0952. The molecule has 0 aliphatic rings. The number of aromatic hydroxyl groups is 3. The molecule has 2 aromatic carbocycles. The van der Waals surface area contributed by atoms with Gasteiger partial charge >= 0.3 is 0 Å². The molecule has 0 heterocycles. The average molecular weight is 341 g/mol. The van der Waals surface area contributed by atoms with E-state index in [1.807, 2.05) is 0 Å². The number of amides is 1. The molecular weight excluding hydrogens is 331 g/mol. The number of phenolic OH excluding ortho intramolecular Hbond substituents is 3. The van der Waals surface area contributed by atoms with Crippen molar-refractivity contribution in [2.24, 2.45) is 5.10 Å². The van der Waals surface area contributed by atoms with Crippen LogP contribution in [0.4, 0.5) is 0 Å². The van der Waals surface area contributed by atoms with E-state index in [-0.39, 0.29) is 33.4 Å². The molecule has 0 bridgehead atoms. The lowest BCUT2D eigenvalue weighted by Gasteiger charge is -2.04. The molecule has 0 atom stereocenters. The van der Waals surface area contributed by atoms with Crippen LogP contribution < -0.4 is 5.43 Å². The fourth-order valence-electron chi connectivity index (χ4n) is 1.62. The Labute approximate surface area is 135 Å². The molecule has 0 aliphatic heterocycles. The molecule has 0 spiro atoms. The van der Waals surface area contributed by atoms with E-state index in [9.17, 15) is 15.0 Å². The predicted molar refractivity (Wildman–Crippen MR) is 83.0 cm³/mol. The van der Waals surface area contributed by atoms with Gasteiger partial charge < -0.3 is 15.3 Å². The minimum Gasteiger partial charge on any atom is -0.508 e. The fourth-order valence-corrected chi connectivity index (χ4v) is 2.13. The topological polar surface area (TPSA) is 102 Å². The maximum absolute atomic E-state index is 11.8. The van der Waals surface area contributed by atoms with E-state index in [2.05, 4.69) is 10.5 Å². The number of carbonyl (C=O) groups is 1. The van der Waals surface area contributed by atoms with Crippen LogP contribution in [-0.4, -0.2) is 27.4 Å². The van der Waals surface area contributed by atoms with E-state index in [0.717, 1.165) is 12.3 Å². The number of hydrazone groups is 1. The number of benzene rings is 2. The molecule has 114 valence electrons. The highest BCUT2D eigenvalue weighted by Gasteiger charge is 2.11. The van der Waals surface area contributed by atoms with Crippen molar-refractivity contribution >= 4 is 35.3 Å². The fraction of sp³-hybridized carbons (Fsp3) is 0. The largest absolute Gasteiger partial charge is 0.508 e. The second-order valence-corrected chi connectivity index (χ2v) is 5.07. The van der Waals surface area contributed by atoms with Crippen molar-refractivity contribution in [2.75, 3.05) is 0 Å². The first-order chi connectivity index (χ1) is 10.4. The zero-order valence-corrected chi connectivity index (χ0v) is 12.4. The third-order valence-electron chi connectivity index (χ3n) is 2.65. The molecule has 22 heavy (non-hydrogen) atoms. The summed E-state index contributed by atoms with van der Waals surface area (Å²) >= 11 is 11.5. The molecular formula is C14H10Cl2N2O4. The highest BCUT2D eigenvalue weighted by atomic mass is 35.5. The molecule has 6 nitrogen and oxygen atoms in total. The standard InChI is InChI=1S/C14H10Cl2N2O4/c15-8-3-7(13(21)11(16)4-8)6-17-18-14(22)10-2-1-9(19)5-12(10)20/h1-6,19-21H,(H,18,22)/b17-6+. The van der Waals surface area contributed by atoms with E-state index in [4.69, 9.17) is 28.3 Å². The Kier molecular flexibility index (Phi) is 4.75. The molecule has 0 saturated carbocycles. The Morgan fingerprint density at radius 3 is 2.55 bits per heavy atom. The Hall–Kier alpha value is -2.44. The molecule has 0 aliphatic carbocycles. The van der Waals surface area contributed by atoms with Gasteiger partial charge in [0.25, 0.3) is 5.91 Å². The van der Waals surface area contributed by atoms with Gasteiger partial charge in [-0.25, -0.2) is 5.43 Å². The monoisotopic (exact) mass is 340 g/mol. The van der Waals surface area contributed by atoms with Crippen LogP contribution in [0.1, 0.15) is 15.9 Å². The summed E-state index contributed by atoms with van der Waals surface area (Å²) in [5, 5.41) is 32.4. The maximum Gasteiger partial charge on any atom is 0.275 e. The summed E-state index contributed by atoms with van der Waals surface area (Å²) in [5.41, 5.74) is 2.31. The summed E-state index contributed by atoms with van der Waals surface area (Å²) in [6.45, 7) is 0. The van der Waals surface area contributed by atoms with Crippen molar-refractivity contribution in [1.82, 2.24) is 5.43 Å². The molecule has 0 radical (unpaired) electrons. The second-order valence-electron chi connectivity index (χ2n) is 4.23. The van der Waals surface area contributed by atoms with Crippen molar-refractivity contribution in [3.8, 4) is 17.2 Å². The molecule has 0 fully saturated rings. The van der Waals surface area contributed by atoms with Crippen LogP contribution in [0.15, 0.2) is 35.4 Å². The minimum absolute atomic E-state index is 0.0523. The quantitative estimate of drug-likeness (QED) is 0.509. The van der Waals surface area contributed by atoms with Gasteiger partial charge in [0.1, 0.15) is 17.2 Å². The van der Waals surface area contributed by atoms with E-state index in [1.54, 1.807) is 0 Å². The van der Waals surface area contributed by atoms with E-state index in [0.29, 0.717) is 5.02 Å². The number of phenols is 3. The summed E-state index contributed by atoms with van der Waals surface area (Å²) in [4.78, 5) is 11.8. The maximum atomic E-state index is 11.8. The molecule has 8 heteroatoms. The molecule has 0 saturated heterocycles. The average Bonchev–Trinajstić information content (AvgIpc) is 2.43. The van der Waals surface area contributed by atoms with Crippen molar-refractivity contribution < 1.29 is 20.1 Å². The van der Waals surface area contributed by atoms with E-state index >= 15 is 0 Å². The Morgan fingerprint density at radius 2 is 1.86 bits per heavy atom. The van der Waals surface area contributed by atoms with Gasteiger partial charge in [0.2, 0.25) is 0 Å². The molecule has 2 aromatic rings. The summed E-state index contributed by atoms with van der Waals surface area (Å²) in [6, 6.07) is 6.30. The summed E-state index contributed by atoms with van der Waals surface area (Å²) in [7, 11) is 0. The van der Waals surface area contributed by atoms with Crippen LogP contribution in [0.5, 0.6) is 17.2 Å². The van der Waals surface area contributed by atoms with E-state index < -0.39 is 5.91 Å². The van der Waals surface area contributed by atoms with Crippen molar-refractivity contribution in [1.29, 1.82) is 0 Å². The number of rotatable bonds is 3. The Morgan fingerprint density at radius 1 is 1.14 bits per heavy atom. The number of halogens is 2. The van der Waals surface area contributed by atoms with Crippen LogP contribution in [0.2, 0.25) is 10.0 Å². The molecule has 4 N–H and O–H groups in total. The lowest BCUT2D eigenvalue weighted by Crippen LogP contribution is -2.17. The van der Waals surface area contributed by atoms with E-state index in [1.165, 1.54) is 24.3 Å². The first-order valence-electron chi connectivity index (χ1n) is 5.92. The highest BCUT2D eigenvalue weighted by molar-refractivity contribution is 6.36. The van der Waals surface area contributed by atoms with Crippen molar-refractivity contribution in [3.63, 3.8) is 0 Å². The molecule has 2 rings (SSSR count). The lowest BCUT2D eigenvalue weighted by atomic mass is 10.2. The number of nitrogens with one attached hydrogen (secondary N) is 1. The van der Waals surface area contributed by atoms with Gasteiger partial charge in [-0.05, 0) is 24.3 Å². The SMILES string of the molecule is O=C(N/N=C/c1cc(Cl)cc(Cl)c1O)c1ccc(O)cc1O. The normalized spacial score (nSPS) is 10.8. The van der Waals surface area contributed by atoms with Crippen molar-refractivity contribution in [3.05, 3.63) is 51.5 Å². The van der Waals surface area contributed by atoms with Gasteiger partial charge in [0.05, 0.1) is 16.8 Å². The van der Waals surface area contributed by atoms with Crippen LogP contribution in [0.3, 0.4) is 0 Å². The Balaban J connectivity index is 2.14. The minimum atomic E-state index is -0.693. The molecule has 0 aromatic heterocycles. The van der Waals surface area contributed by atoms with Gasteiger partial charge in [-0.2, -0.15) is 5.10 Å². The van der Waals surface area contributed by atoms with Gasteiger partial charge in [0, 0.05) is 16.7 Å². The zero-order chi connectivity index (χ0) is 16.3. The second kappa shape index (κ2) is 6.55. The zero-order valence-electron chi connectivity index (χ0n) is 10.9. The number of hydrogen-bond donors (Lipinski definition) is 4. The van der Waals surface area contributed by atoms with Gasteiger partial charge in [-0.15, -0.1) is 0 Å². The number of hydrogen-bond acceptors (Lipinski definition) is 5. The summed E-state index contributed by atoms with van der Waals surface area (Å²) in [5.74, 6) is -1.48. The van der Waals surface area contributed by atoms with Crippen LogP contribution in [0, 0.1) is 0 Å². The van der Waals surface area contributed by atoms with Crippen molar-refractivity contribution in [2.45, 2.75) is 0 Å². The highest BCUT2D eigenvalue weighted by Crippen LogP contribution is 2.30. The van der Waals surface area contributed by atoms with Crippen LogP contribution >= 0.6 is 23.2 Å². The van der Waals surface area contributed by atoms with Crippen LogP contribution in [-0.2, 0) is 0 Å². The third kappa shape index (κ3) is 3.60. The van der Waals surface area contributed by atoms with Crippen LogP contribution in [0.25, 0.3) is 0 Å². The smallest absolute Gasteiger partial charge is 0.275 e. The number of carbonyl (C=O) groups excluding carboxylic acids is 1. The summed E-state index contributed by atoms with van der Waals surface area (Å²) in [6.07, 6.45) is 1.16. The van der Waals surface area contributed by atoms with Gasteiger partial charge in [-0.3, -0.25) is 4.79 Å². The molecule has 0 unspecified atom stereocenters. The third-order valence-corrected chi connectivity index (χ3v) is 3.16. The number of nitrogens with zero attached hydrogens (tertiary/aromatic N) is 1. The van der Waals surface area contributed by atoms with Gasteiger partial charge in [-0.1, -0.05) is 23.2 Å².